The molecule has 0 bridgehead atoms. The first-order chi connectivity index (χ1) is 24.2. The fourth-order valence-corrected chi connectivity index (χ4v) is 7.03. The van der Waals surface area contributed by atoms with Gasteiger partial charge in [0.05, 0.1) is 0 Å². The standard InChI is InChI=1S/C42H70N6O2/c1-7-9-11-13-15-17-31-47(41(49)43-37-23-27-39(28-24-37)45(3)4)33-35-19-21-36(22-20-35)34-48(32-18-16-14-12-10-8-2)42(50)44-38-25-29-40(30-26-38)46(5)6/h23-30,35-36H,7-22,31-34H2,1-6H3,(H,43,49)(H,44,50). The van der Waals surface area contributed by atoms with E-state index in [1.54, 1.807) is 0 Å². The molecule has 50 heavy (non-hydrogen) atoms. The molecule has 0 aliphatic heterocycles. The van der Waals surface area contributed by atoms with Crippen LogP contribution in [0.15, 0.2) is 48.5 Å². The number of hydrogen-bond donors (Lipinski definition) is 2. The number of hydrogen-bond acceptors (Lipinski definition) is 4. The molecular formula is C42H70N6O2. The second kappa shape index (κ2) is 23.1. The molecule has 1 saturated carbocycles. The van der Waals surface area contributed by atoms with Gasteiger partial charge >= 0.3 is 12.1 Å². The van der Waals surface area contributed by atoms with Crippen LogP contribution in [0.4, 0.5) is 32.3 Å². The van der Waals surface area contributed by atoms with E-state index in [0.29, 0.717) is 11.8 Å². The van der Waals surface area contributed by atoms with E-state index in [9.17, 15) is 9.59 Å². The van der Waals surface area contributed by atoms with Crippen LogP contribution in [0.5, 0.6) is 0 Å². The molecule has 0 atom stereocenters. The Kier molecular flexibility index (Phi) is 19.0. The summed E-state index contributed by atoms with van der Waals surface area (Å²) in [6, 6.07) is 16.2. The molecule has 1 fully saturated rings. The predicted octanol–water partition coefficient (Wildman–Crippen LogP) is 10.7. The lowest BCUT2D eigenvalue weighted by Crippen LogP contribution is -2.42. The van der Waals surface area contributed by atoms with Crippen molar-refractivity contribution in [2.45, 2.75) is 117 Å². The number of urea groups is 2. The SMILES string of the molecule is CCCCCCCCN(CC1CCC(CN(CCCCCCCC)C(=O)Nc2ccc(N(C)C)cc2)CC1)C(=O)Nc1ccc(N(C)C)cc1. The van der Waals surface area contributed by atoms with Gasteiger partial charge in [-0.05, 0) is 98.9 Å². The Balaban J connectivity index is 1.57. The highest BCUT2D eigenvalue weighted by atomic mass is 16.2. The minimum absolute atomic E-state index is 0.0127. The van der Waals surface area contributed by atoms with E-state index in [2.05, 4.69) is 44.1 Å². The number of rotatable bonds is 22. The van der Waals surface area contributed by atoms with E-state index in [1.807, 2.05) is 76.7 Å². The molecule has 0 aromatic heterocycles. The van der Waals surface area contributed by atoms with Crippen molar-refractivity contribution in [3.05, 3.63) is 48.5 Å². The van der Waals surface area contributed by atoms with Crippen LogP contribution in [-0.4, -0.2) is 76.2 Å². The first-order valence-corrected chi connectivity index (χ1v) is 19.9. The summed E-state index contributed by atoms with van der Waals surface area (Å²) >= 11 is 0. The first-order valence-electron chi connectivity index (χ1n) is 19.9. The van der Waals surface area contributed by atoms with Crippen LogP contribution >= 0.6 is 0 Å². The van der Waals surface area contributed by atoms with Gasteiger partial charge in [-0.1, -0.05) is 78.1 Å². The van der Waals surface area contributed by atoms with Crippen LogP contribution in [0, 0.1) is 11.8 Å². The highest BCUT2D eigenvalue weighted by Crippen LogP contribution is 2.31. The summed E-state index contributed by atoms with van der Waals surface area (Å²) in [7, 11) is 8.10. The average molecular weight is 691 g/mol. The Labute approximate surface area is 305 Å². The summed E-state index contributed by atoms with van der Waals surface area (Å²) < 4.78 is 0. The number of amides is 4. The molecule has 1 aliphatic rings. The number of unbranched alkanes of at least 4 members (excludes halogenated alkanes) is 10. The van der Waals surface area contributed by atoms with E-state index < -0.39 is 0 Å². The van der Waals surface area contributed by atoms with Crippen molar-refractivity contribution < 1.29 is 9.59 Å². The zero-order chi connectivity index (χ0) is 36.1. The van der Waals surface area contributed by atoms with Gasteiger partial charge in [0.2, 0.25) is 0 Å². The van der Waals surface area contributed by atoms with E-state index in [4.69, 9.17) is 0 Å². The zero-order valence-corrected chi connectivity index (χ0v) is 32.5. The molecule has 0 saturated heterocycles. The van der Waals surface area contributed by atoms with Crippen LogP contribution in [0.2, 0.25) is 0 Å². The number of anilines is 4. The lowest BCUT2D eigenvalue weighted by atomic mass is 9.81. The lowest BCUT2D eigenvalue weighted by molar-refractivity contribution is 0.159. The van der Waals surface area contributed by atoms with Crippen LogP contribution in [-0.2, 0) is 0 Å². The molecular weight excluding hydrogens is 621 g/mol. The first kappa shape index (κ1) is 41.0. The van der Waals surface area contributed by atoms with Gasteiger partial charge < -0.3 is 30.2 Å². The second-order valence-electron chi connectivity index (χ2n) is 15.1. The van der Waals surface area contributed by atoms with Crippen molar-refractivity contribution in [1.82, 2.24) is 9.80 Å². The maximum absolute atomic E-state index is 13.6. The number of carbonyl (C=O) groups is 2. The molecule has 3 rings (SSSR count). The number of nitrogens with one attached hydrogen (secondary N) is 2. The van der Waals surface area contributed by atoms with Crippen LogP contribution in [0.1, 0.15) is 117 Å². The van der Waals surface area contributed by atoms with Gasteiger partial charge in [-0.2, -0.15) is 0 Å². The average Bonchev–Trinajstić information content (AvgIpc) is 3.11. The van der Waals surface area contributed by atoms with Gasteiger partial charge in [0.15, 0.2) is 0 Å². The maximum atomic E-state index is 13.6. The molecule has 1 aliphatic carbocycles. The van der Waals surface area contributed by atoms with Gasteiger partial charge in [-0.15, -0.1) is 0 Å². The summed E-state index contributed by atoms with van der Waals surface area (Å²) in [6.45, 7) is 7.70. The van der Waals surface area contributed by atoms with Crippen molar-refractivity contribution in [3.63, 3.8) is 0 Å². The third kappa shape index (κ3) is 15.2. The predicted molar refractivity (Wildman–Crippen MR) is 215 cm³/mol. The van der Waals surface area contributed by atoms with Crippen molar-refractivity contribution in [1.29, 1.82) is 0 Å². The quantitative estimate of drug-likeness (QED) is 0.121. The smallest absolute Gasteiger partial charge is 0.321 e. The van der Waals surface area contributed by atoms with Crippen LogP contribution < -0.4 is 20.4 Å². The van der Waals surface area contributed by atoms with Crippen LogP contribution in [0.25, 0.3) is 0 Å². The third-order valence-corrected chi connectivity index (χ3v) is 10.3. The minimum Gasteiger partial charge on any atom is -0.378 e. The minimum atomic E-state index is 0.0127. The Morgan fingerprint density at radius 2 is 0.840 bits per heavy atom. The maximum Gasteiger partial charge on any atom is 0.321 e. The van der Waals surface area contributed by atoms with Gasteiger partial charge in [0.1, 0.15) is 0 Å². The summed E-state index contributed by atoms with van der Waals surface area (Å²) in [5.41, 5.74) is 3.92. The lowest BCUT2D eigenvalue weighted by Gasteiger charge is -2.35. The molecule has 280 valence electrons. The molecule has 2 aromatic rings. The number of nitrogens with zero attached hydrogens (tertiary/aromatic N) is 4. The summed E-state index contributed by atoms with van der Waals surface area (Å²) in [5.74, 6) is 0.980. The van der Waals surface area contributed by atoms with E-state index in [0.717, 1.165) is 87.5 Å². The van der Waals surface area contributed by atoms with Gasteiger partial charge in [-0.3, -0.25) is 0 Å². The van der Waals surface area contributed by atoms with Crippen molar-refractivity contribution in [2.75, 3.05) is 74.8 Å². The summed E-state index contributed by atoms with van der Waals surface area (Å²) in [6.07, 6.45) is 18.9. The Bertz CT molecular complexity index is 1110. The largest absolute Gasteiger partial charge is 0.378 e. The van der Waals surface area contributed by atoms with Gasteiger partial charge in [0, 0.05) is 77.1 Å². The molecule has 0 spiro atoms. The number of benzene rings is 2. The highest BCUT2D eigenvalue weighted by molar-refractivity contribution is 5.90. The van der Waals surface area contributed by atoms with E-state index >= 15 is 0 Å². The molecule has 2 aromatic carbocycles. The number of carbonyl (C=O) groups excluding carboxylic acids is 2. The molecule has 0 unspecified atom stereocenters. The van der Waals surface area contributed by atoms with Crippen molar-refractivity contribution in [2.24, 2.45) is 11.8 Å². The second-order valence-corrected chi connectivity index (χ2v) is 15.1. The zero-order valence-electron chi connectivity index (χ0n) is 32.5. The Morgan fingerprint density at radius 3 is 1.16 bits per heavy atom. The molecule has 0 heterocycles. The molecule has 4 amide bonds. The highest BCUT2D eigenvalue weighted by Gasteiger charge is 2.27. The van der Waals surface area contributed by atoms with Crippen molar-refractivity contribution in [3.8, 4) is 0 Å². The third-order valence-electron chi connectivity index (χ3n) is 10.3. The van der Waals surface area contributed by atoms with Gasteiger partial charge in [-0.25, -0.2) is 9.59 Å². The van der Waals surface area contributed by atoms with Crippen molar-refractivity contribution >= 4 is 34.8 Å². The normalized spacial score (nSPS) is 15.7. The van der Waals surface area contributed by atoms with E-state index in [-0.39, 0.29) is 12.1 Å². The van der Waals surface area contributed by atoms with E-state index in [1.165, 1.54) is 64.2 Å². The molecule has 8 heteroatoms. The van der Waals surface area contributed by atoms with Crippen LogP contribution in [0.3, 0.4) is 0 Å². The van der Waals surface area contributed by atoms with Gasteiger partial charge in [0.25, 0.3) is 0 Å². The summed E-state index contributed by atoms with van der Waals surface area (Å²) in [5, 5.41) is 6.37. The molecule has 8 nitrogen and oxygen atoms in total. The monoisotopic (exact) mass is 691 g/mol. The Hall–Kier alpha value is -3.42. The Morgan fingerprint density at radius 1 is 0.520 bits per heavy atom. The molecule has 0 radical (unpaired) electrons. The topological polar surface area (TPSA) is 71.2 Å². The fraction of sp³-hybridized carbons (Fsp3) is 0.667. The summed E-state index contributed by atoms with van der Waals surface area (Å²) in [4.78, 5) is 35.5. The fourth-order valence-electron chi connectivity index (χ4n) is 7.03. The molecule has 2 N–H and O–H groups in total.